The number of hydrogen-bond acceptors (Lipinski definition) is 8. The van der Waals surface area contributed by atoms with Crippen LogP contribution in [0.4, 0.5) is 27.5 Å². The maximum atomic E-state index is 14.3. The van der Waals surface area contributed by atoms with Crippen LogP contribution in [-0.2, 0) is 4.74 Å². The number of halogens is 1. The van der Waals surface area contributed by atoms with Crippen LogP contribution in [-0.4, -0.2) is 35.6 Å². The van der Waals surface area contributed by atoms with Gasteiger partial charge >= 0.3 is 0 Å². The Morgan fingerprint density at radius 2 is 1.97 bits per heavy atom. The molecule has 1 unspecified atom stereocenters. The molecule has 2 aromatic carbocycles. The van der Waals surface area contributed by atoms with Crippen molar-refractivity contribution in [1.29, 1.82) is 0 Å². The molecule has 1 amide bonds. The molecule has 0 spiro atoms. The van der Waals surface area contributed by atoms with Crippen molar-refractivity contribution < 1.29 is 13.9 Å². The Hall–Kier alpha value is -3.60. The van der Waals surface area contributed by atoms with Gasteiger partial charge in [-0.2, -0.15) is 4.98 Å². The summed E-state index contributed by atoms with van der Waals surface area (Å²) in [5, 5.41) is 9.18. The lowest BCUT2D eigenvalue weighted by molar-refractivity contribution is 0.0277. The Labute approximate surface area is 178 Å². The fraction of sp³-hybridized carbons (Fsp3) is 0.190. The summed E-state index contributed by atoms with van der Waals surface area (Å²) in [6.45, 7) is 2.31. The molecule has 1 aromatic heterocycles. The molecule has 1 fully saturated rings. The lowest BCUT2D eigenvalue weighted by Crippen LogP contribution is -2.33. The second-order valence-corrected chi connectivity index (χ2v) is 6.84. The molecule has 0 saturated carbocycles. The summed E-state index contributed by atoms with van der Waals surface area (Å²) in [5.41, 5.74) is 4.49. The van der Waals surface area contributed by atoms with Crippen LogP contribution in [0.3, 0.4) is 0 Å². The summed E-state index contributed by atoms with van der Waals surface area (Å²) in [7, 11) is 0. The van der Waals surface area contributed by atoms with E-state index in [1.807, 2.05) is 24.3 Å². The van der Waals surface area contributed by atoms with E-state index < -0.39 is 11.7 Å². The first kappa shape index (κ1) is 20.7. The minimum Gasteiger partial charge on any atom is -0.371 e. The van der Waals surface area contributed by atoms with Crippen molar-refractivity contribution in [2.45, 2.75) is 6.10 Å². The molecule has 2 heterocycles. The van der Waals surface area contributed by atoms with E-state index in [2.05, 4.69) is 31.3 Å². The zero-order chi connectivity index (χ0) is 21.6. The van der Waals surface area contributed by atoms with E-state index in [1.165, 1.54) is 0 Å². The van der Waals surface area contributed by atoms with Gasteiger partial charge in [0.15, 0.2) is 11.6 Å². The highest BCUT2D eigenvalue weighted by Crippen LogP contribution is 2.24. The number of carbonyl (C=O) groups excluding carboxylic acids is 1. The predicted octanol–water partition coefficient (Wildman–Crippen LogP) is 2.37. The Balaban J connectivity index is 1.50. The maximum absolute atomic E-state index is 14.3. The zero-order valence-corrected chi connectivity index (χ0v) is 16.6. The number of nitrogens with two attached hydrogens (primary N) is 1. The number of para-hydroxylation sites is 1. The van der Waals surface area contributed by atoms with Crippen molar-refractivity contribution in [3.8, 4) is 0 Å². The summed E-state index contributed by atoms with van der Waals surface area (Å²) in [5.74, 6) is 4.17. The molecular formula is C21H22FN7O2. The fourth-order valence-electron chi connectivity index (χ4n) is 3.20. The van der Waals surface area contributed by atoms with Crippen LogP contribution in [0, 0.1) is 5.82 Å². The first-order valence-electron chi connectivity index (χ1n) is 9.73. The number of carbonyl (C=O) groups is 1. The molecule has 0 aliphatic carbocycles. The van der Waals surface area contributed by atoms with Crippen molar-refractivity contribution in [3.63, 3.8) is 0 Å². The lowest BCUT2D eigenvalue weighted by Gasteiger charge is -2.24. The third-order valence-corrected chi connectivity index (χ3v) is 4.77. The summed E-state index contributed by atoms with van der Waals surface area (Å²) in [4.78, 5) is 20.1. The van der Waals surface area contributed by atoms with Crippen LogP contribution in [0.2, 0.25) is 0 Å². The zero-order valence-electron chi connectivity index (χ0n) is 16.6. The largest absolute Gasteiger partial charge is 0.371 e. The van der Waals surface area contributed by atoms with Crippen molar-refractivity contribution in [3.05, 3.63) is 71.7 Å². The number of rotatable bonds is 6. The van der Waals surface area contributed by atoms with E-state index in [9.17, 15) is 9.18 Å². The highest BCUT2D eigenvalue weighted by atomic mass is 19.1. The number of aromatic nitrogens is 2. The molecule has 6 N–H and O–H groups in total. The average molecular weight is 423 g/mol. The smallest absolute Gasteiger partial charge is 0.267 e. The Bertz CT molecular complexity index is 1060. The second kappa shape index (κ2) is 9.47. The number of amides is 1. The third kappa shape index (κ3) is 4.94. The van der Waals surface area contributed by atoms with Gasteiger partial charge in [0, 0.05) is 18.8 Å². The van der Waals surface area contributed by atoms with Crippen LogP contribution >= 0.6 is 0 Å². The van der Waals surface area contributed by atoms with Gasteiger partial charge in [-0.15, -0.1) is 0 Å². The van der Waals surface area contributed by atoms with Gasteiger partial charge in [0.25, 0.3) is 5.91 Å². The number of anilines is 4. The van der Waals surface area contributed by atoms with Crippen LogP contribution in [0.15, 0.2) is 54.7 Å². The number of hydrazine groups is 1. The number of hydrogen-bond donors (Lipinski definition) is 5. The van der Waals surface area contributed by atoms with Crippen LogP contribution in [0.1, 0.15) is 22.0 Å². The van der Waals surface area contributed by atoms with Gasteiger partial charge in [-0.25, -0.2) is 15.2 Å². The van der Waals surface area contributed by atoms with Crippen molar-refractivity contribution in [2.24, 2.45) is 5.84 Å². The quantitative estimate of drug-likeness (QED) is 0.232. The molecule has 160 valence electrons. The van der Waals surface area contributed by atoms with E-state index in [1.54, 1.807) is 24.3 Å². The predicted molar refractivity (Wildman–Crippen MR) is 115 cm³/mol. The Morgan fingerprint density at radius 3 is 2.71 bits per heavy atom. The lowest BCUT2D eigenvalue weighted by atomic mass is 10.1. The van der Waals surface area contributed by atoms with E-state index in [0.717, 1.165) is 30.5 Å². The maximum Gasteiger partial charge on any atom is 0.267 e. The minimum atomic E-state index is -0.661. The number of ether oxygens (including phenoxy) is 1. The molecule has 31 heavy (non-hydrogen) atoms. The molecule has 9 nitrogen and oxygen atoms in total. The molecule has 1 atom stereocenters. The summed E-state index contributed by atoms with van der Waals surface area (Å²) in [6.07, 6.45) is 1.07. The van der Waals surface area contributed by atoms with Crippen LogP contribution < -0.4 is 27.2 Å². The van der Waals surface area contributed by atoms with Gasteiger partial charge in [0.05, 0.1) is 30.2 Å². The fourth-order valence-corrected chi connectivity index (χ4v) is 3.20. The highest BCUT2D eigenvalue weighted by Gasteiger charge is 2.16. The van der Waals surface area contributed by atoms with Crippen molar-refractivity contribution >= 4 is 29.0 Å². The van der Waals surface area contributed by atoms with E-state index in [4.69, 9.17) is 10.6 Å². The highest BCUT2D eigenvalue weighted by molar-refractivity contribution is 5.99. The number of nitrogen functional groups attached to an aromatic ring is 1. The molecule has 1 saturated heterocycles. The summed E-state index contributed by atoms with van der Waals surface area (Å²) >= 11 is 0. The monoisotopic (exact) mass is 423 g/mol. The van der Waals surface area contributed by atoms with Crippen molar-refractivity contribution in [2.75, 3.05) is 30.3 Å². The van der Waals surface area contributed by atoms with Gasteiger partial charge in [0.2, 0.25) is 5.95 Å². The normalized spacial score (nSPS) is 15.9. The summed E-state index contributed by atoms with van der Waals surface area (Å²) < 4.78 is 20.1. The molecule has 0 bridgehead atoms. The van der Waals surface area contributed by atoms with Gasteiger partial charge in [-0.05, 0) is 29.8 Å². The standard InChI is InChI=1S/C21H22FN7O2/c22-16-11-25-21(26-14-7-5-13(6-8-14)18-12-24-9-10-31-18)28-19(16)27-17-4-2-1-3-15(17)20(30)29-23/h1-8,11,18,24H,9-10,12,23H2,(H,29,30)(H2,25,26,27,28). The molecule has 4 rings (SSSR count). The van der Waals surface area contributed by atoms with E-state index in [0.29, 0.717) is 12.3 Å². The van der Waals surface area contributed by atoms with Crippen molar-refractivity contribution in [1.82, 2.24) is 20.7 Å². The SMILES string of the molecule is NNC(=O)c1ccccc1Nc1nc(Nc2ccc(C3CNCCO3)cc2)ncc1F. The number of nitrogens with one attached hydrogen (secondary N) is 4. The third-order valence-electron chi connectivity index (χ3n) is 4.77. The first-order chi connectivity index (χ1) is 15.1. The van der Waals surface area contributed by atoms with Crippen LogP contribution in [0.25, 0.3) is 0 Å². The van der Waals surface area contributed by atoms with Gasteiger partial charge in [-0.3, -0.25) is 10.2 Å². The molecule has 0 radical (unpaired) electrons. The molecule has 10 heteroatoms. The molecule has 3 aromatic rings. The van der Waals surface area contributed by atoms with E-state index >= 15 is 0 Å². The van der Waals surface area contributed by atoms with Gasteiger partial charge < -0.3 is 20.7 Å². The second-order valence-electron chi connectivity index (χ2n) is 6.84. The van der Waals surface area contributed by atoms with E-state index in [-0.39, 0.29) is 23.4 Å². The number of nitrogens with zero attached hydrogens (tertiary/aromatic N) is 2. The number of morpholine rings is 1. The Morgan fingerprint density at radius 1 is 1.16 bits per heavy atom. The minimum absolute atomic E-state index is 0.0199. The average Bonchev–Trinajstić information content (AvgIpc) is 2.82. The first-order valence-corrected chi connectivity index (χ1v) is 9.73. The Kier molecular flexibility index (Phi) is 6.32. The summed E-state index contributed by atoms with van der Waals surface area (Å²) in [6, 6.07) is 14.3. The number of benzene rings is 2. The van der Waals surface area contributed by atoms with Crippen LogP contribution in [0.5, 0.6) is 0 Å². The topological polar surface area (TPSA) is 126 Å². The molecular weight excluding hydrogens is 401 g/mol. The molecule has 1 aliphatic rings. The van der Waals surface area contributed by atoms with Gasteiger partial charge in [0.1, 0.15) is 0 Å². The van der Waals surface area contributed by atoms with Gasteiger partial charge in [-0.1, -0.05) is 24.3 Å². The molecule has 1 aliphatic heterocycles.